The van der Waals surface area contributed by atoms with Gasteiger partial charge in [-0.3, -0.25) is 14.5 Å². The van der Waals surface area contributed by atoms with Crippen molar-refractivity contribution in [3.05, 3.63) is 59.2 Å². The number of hydrogen-bond acceptors (Lipinski definition) is 5. The third-order valence-corrected chi connectivity index (χ3v) is 6.76. The van der Waals surface area contributed by atoms with Crippen LogP contribution >= 0.6 is 0 Å². The van der Waals surface area contributed by atoms with E-state index in [2.05, 4.69) is 57.6 Å². The van der Waals surface area contributed by atoms with Gasteiger partial charge in [0.15, 0.2) is 0 Å². The Morgan fingerprint density at radius 3 is 2.52 bits per heavy atom. The normalized spacial score (nSPS) is 17.8. The number of carbonyl (C=O) groups excluding carboxylic acids is 2. The average molecular weight is 450 g/mol. The van der Waals surface area contributed by atoms with Crippen LogP contribution in [0.25, 0.3) is 0 Å². The van der Waals surface area contributed by atoms with Crippen molar-refractivity contribution in [1.29, 1.82) is 0 Å². The summed E-state index contributed by atoms with van der Waals surface area (Å²) in [5.41, 5.74) is 5.52. The standard InChI is InChI=1S/C26H35N5O2/c1-19-6-4-8-22(16-19)28-26(33)25(32)27-18-24(31-14-12-29(2)13-15-31)21-9-10-23-20(17-21)7-5-11-30(23)3/h4,6,8-10,16-17,24H,5,7,11-15,18H2,1-3H3,(H,27,32)(H,28,33)/t24-/m1/s1. The van der Waals surface area contributed by atoms with Crippen LogP contribution in [0.3, 0.4) is 0 Å². The zero-order valence-corrected chi connectivity index (χ0v) is 19.9. The van der Waals surface area contributed by atoms with E-state index in [4.69, 9.17) is 0 Å². The summed E-state index contributed by atoms with van der Waals surface area (Å²) in [4.78, 5) is 32.1. The minimum absolute atomic E-state index is 0.0342. The van der Waals surface area contributed by atoms with Gasteiger partial charge in [0.1, 0.15) is 0 Å². The number of nitrogens with one attached hydrogen (secondary N) is 2. The van der Waals surface area contributed by atoms with Crippen molar-refractivity contribution in [2.75, 3.05) is 63.6 Å². The number of nitrogens with zero attached hydrogens (tertiary/aromatic N) is 3. The molecule has 0 saturated carbocycles. The molecular formula is C26H35N5O2. The van der Waals surface area contributed by atoms with E-state index in [0.29, 0.717) is 12.2 Å². The lowest BCUT2D eigenvalue weighted by Crippen LogP contribution is -2.49. The summed E-state index contributed by atoms with van der Waals surface area (Å²) >= 11 is 0. The zero-order valence-electron chi connectivity index (χ0n) is 19.9. The number of amides is 2. The van der Waals surface area contributed by atoms with E-state index >= 15 is 0 Å². The van der Waals surface area contributed by atoms with Gasteiger partial charge in [0.2, 0.25) is 0 Å². The molecule has 0 radical (unpaired) electrons. The number of rotatable bonds is 5. The van der Waals surface area contributed by atoms with Crippen molar-refractivity contribution >= 4 is 23.2 Å². The van der Waals surface area contributed by atoms with Crippen molar-refractivity contribution < 1.29 is 9.59 Å². The highest BCUT2D eigenvalue weighted by atomic mass is 16.2. The van der Waals surface area contributed by atoms with Crippen LogP contribution in [0.1, 0.15) is 29.2 Å². The molecule has 2 N–H and O–H groups in total. The van der Waals surface area contributed by atoms with Gasteiger partial charge in [-0.1, -0.05) is 24.3 Å². The fraction of sp³-hybridized carbons (Fsp3) is 0.462. The minimum Gasteiger partial charge on any atom is -0.374 e. The molecule has 1 atom stereocenters. The van der Waals surface area contributed by atoms with Crippen LogP contribution < -0.4 is 15.5 Å². The first-order valence-corrected chi connectivity index (χ1v) is 11.8. The highest BCUT2D eigenvalue weighted by Crippen LogP contribution is 2.31. The molecule has 2 amide bonds. The maximum atomic E-state index is 12.6. The van der Waals surface area contributed by atoms with Crippen LogP contribution in [0.4, 0.5) is 11.4 Å². The van der Waals surface area contributed by atoms with Crippen molar-refractivity contribution in [2.45, 2.75) is 25.8 Å². The van der Waals surface area contributed by atoms with E-state index < -0.39 is 11.8 Å². The number of piperazine rings is 1. The Morgan fingerprint density at radius 2 is 1.76 bits per heavy atom. The molecule has 2 heterocycles. The van der Waals surface area contributed by atoms with Crippen LogP contribution in [-0.4, -0.2) is 75.0 Å². The molecule has 0 unspecified atom stereocenters. The van der Waals surface area contributed by atoms with Gasteiger partial charge in [-0.25, -0.2) is 0 Å². The summed E-state index contributed by atoms with van der Waals surface area (Å²) in [5.74, 6) is -1.24. The van der Waals surface area contributed by atoms with E-state index in [0.717, 1.165) is 51.1 Å². The summed E-state index contributed by atoms with van der Waals surface area (Å²) in [7, 11) is 4.28. The van der Waals surface area contributed by atoms with Gasteiger partial charge in [0.25, 0.3) is 0 Å². The van der Waals surface area contributed by atoms with Gasteiger partial charge in [-0.15, -0.1) is 0 Å². The first-order valence-electron chi connectivity index (χ1n) is 11.8. The molecule has 0 aromatic heterocycles. The van der Waals surface area contributed by atoms with Crippen molar-refractivity contribution in [1.82, 2.24) is 15.1 Å². The Labute approximate surface area is 196 Å². The number of anilines is 2. The molecule has 2 aromatic rings. The van der Waals surface area contributed by atoms with Crippen molar-refractivity contribution in [3.63, 3.8) is 0 Å². The second-order valence-corrected chi connectivity index (χ2v) is 9.30. The summed E-state index contributed by atoms with van der Waals surface area (Å²) in [6.45, 7) is 7.29. The maximum absolute atomic E-state index is 12.6. The second kappa shape index (κ2) is 10.4. The molecule has 4 rings (SSSR count). The minimum atomic E-state index is -0.634. The molecule has 0 spiro atoms. The Morgan fingerprint density at radius 1 is 0.970 bits per heavy atom. The summed E-state index contributed by atoms with van der Waals surface area (Å²) in [6.07, 6.45) is 2.23. The van der Waals surface area contributed by atoms with Gasteiger partial charge in [-0.2, -0.15) is 0 Å². The molecule has 1 fully saturated rings. The Bertz CT molecular complexity index is 1000. The van der Waals surface area contributed by atoms with Gasteiger partial charge < -0.3 is 20.4 Å². The molecule has 1 saturated heterocycles. The molecule has 2 aromatic carbocycles. The molecule has 0 aliphatic carbocycles. The average Bonchev–Trinajstić information content (AvgIpc) is 2.80. The quantitative estimate of drug-likeness (QED) is 0.687. The fourth-order valence-corrected chi connectivity index (χ4v) is 4.78. The van der Waals surface area contributed by atoms with Crippen molar-refractivity contribution in [2.24, 2.45) is 0 Å². The predicted molar refractivity (Wildman–Crippen MR) is 133 cm³/mol. The van der Waals surface area contributed by atoms with Crippen LogP contribution in [-0.2, 0) is 16.0 Å². The lowest BCUT2D eigenvalue weighted by molar-refractivity contribution is -0.136. The lowest BCUT2D eigenvalue weighted by Gasteiger charge is -2.39. The summed E-state index contributed by atoms with van der Waals surface area (Å²) in [5, 5.41) is 5.60. The van der Waals surface area contributed by atoms with Crippen LogP contribution in [0.5, 0.6) is 0 Å². The van der Waals surface area contributed by atoms with Crippen LogP contribution in [0.15, 0.2) is 42.5 Å². The topological polar surface area (TPSA) is 67.9 Å². The number of carbonyl (C=O) groups is 2. The van der Waals surface area contributed by atoms with E-state index in [9.17, 15) is 9.59 Å². The molecule has 7 nitrogen and oxygen atoms in total. The Hall–Kier alpha value is -2.90. The summed E-state index contributed by atoms with van der Waals surface area (Å²) < 4.78 is 0. The third kappa shape index (κ3) is 5.72. The van der Waals surface area contributed by atoms with Crippen LogP contribution in [0.2, 0.25) is 0 Å². The highest BCUT2D eigenvalue weighted by Gasteiger charge is 2.27. The number of aryl methyl sites for hydroxylation is 2. The highest BCUT2D eigenvalue weighted by molar-refractivity contribution is 6.39. The maximum Gasteiger partial charge on any atom is 0.313 e. The zero-order chi connectivity index (χ0) is 23.4. The number of fused-ring (bicyclic) bond motifs is 1. The number of likely N-dealkylation sites (N-methyl/N-ethyl adjacent to an activating group) is 1. The monoisotopic (exact) mass is 449 g/mol. The Kier molecular flexibility index (Phi) is 7.30. The van der Waals surface area contributed by atoms with Gasteiger partial charge in [0.05, 0.1) is 6.04 Å². The van der Waals surface area contributed by atoms with Gasteiger partial charge >= 0.3 is 11.8 Å². The molecule has 0 bridgehead atoms. The van der Waals surface area contributed by atoms with Gasteiger partial charge in [-0.05, 0) is 61.7 Å². The first-order chi connectivity index (χ1) is 15.9. The van der Waals surface area contributed by atoms with E-state index in [-0.39, 0.29) is 6.04 Å². The largest absolute Gasteiger partial charge is 0.374 e. The molecule has 2 aliphatic heterocycles. The van der Waals surface area contributed by atoms with E-state index in [1.165, 1.54) is 16.8 Å². The first kappa shape index (κ1) is 23.3. The smallest absolute Gasteiger partial charge is 0.313 e. The Balaban J connectivity index is 1.47. The number of hydrogen-bond donors (Lipinski definition) is 2. The third-order valence-electron chi connectivity index (χ3n) is 6.76. The molecule has 176 valence electrons. The van der Waals surface area contributed by atoms with E-state index in [1.54, 1.807) is 6.07 Å². The van der Waals surface area contributed by atoms with Gasteiger partial charge in [0, 0.05) is 57.7 Å². The van der Waals surface area contributed by atoms with Crippen molar-refractivity contribution in [3.8, 4) is 0 Å². The fourth-order valence-electron chi connectivity index (χ4n) is 4.78. The molecule has 2 aliphatic rings. The summed E-state index contributed by atoms with van der Waals surface area (Å²) in [6, 6.07) is 14.2. The number of benzene rings is 2. The molecular weight excluding hydrogens is 414 g/mol. The van der Waals surface area contributed by atoms with E-state index in [1.807, 2.05) is 25.1 Å². The molecule has 7 heteroatoms. The SMILES string of the molecule is Cc1cccc(NC(=O)C(=O)NC[C@H](c2ccc3c(c2)CCCN3C)N2CCN(C)CC2)c1. The molecule has 33 heavy (non-hydrogen) atoms. The lowest BCUT2D eigenvalue weighted by atomic mass is 9.95. The predicted octanol–water partition coefficient (Wildman–Crippen LogP) is 2.42. The van der Waals surface area contributed by atoms with Crippen LogP contribution in [0, 0.1) is 6.92 Å². The second-order valence-electron chi connectivity index (χ2n) is 9.30.